The third kappa shape index (κ3) is 5.37. The molecule has 2 amide bonds. The maximum Gasteiger partial charge on any atom is 0.256 e. The summed E-state index contributed by atoms with van der Waals surface area (Å²) in [6, 6.07) is 13.6. The summed E-state index contributed by atoms with van der Waals surface area (Å²) in [7, 11) is 0. The smallest absolute Gasteiger partial charge is 0.256 e. The van der Waals surface area contributed by atoms with E-state index >= 15 is 0 Å². The van der Waals surface area contributed by atoms with Crippen LogP contribution in [0.3, 0.4) is 0 Å². The van der Waals surface area contributed by atoms with Gasteiger partial charge in [0.15, 0.2) is 0 Å². The van der Waals surface area contributed by atoms with Crippen LogP contribution in [0, 0.1) is 0 Å². The second-order valence-electron chi connectivity index (χ2n) is 9.49. The maximum absolute atomic E-state index is 13.6. The van der Waals surface area contributed by atoms with Gasteiger partial charge in [-0.15, -0.1) is 12.4 Å². The van der Waals surface area contributed by atoms with E-state index in [4.69, 9.17) is 4.74 Å². The Labute approximate surface area is 218 Å². The fraction of sp³-hybridized carbons (Fsp3) is 0.481. The number of hydrogen-bond acceptors (Lipinski definition) is 6. The highest BCUT2D eigenvalue weighted by Crippen LogP contribution is 2.28. The van der Waals surface area contributed by atoms with E-state index < -0.39 is 6.10 Å². The number of halogens is 1. The van der Waals surface area contributed by atoms with Crippen molar-refractivity contribution in [3.8, 4) is 0 Å². The topological polar surface area (TPSA) is 85.3 Å². The molecule has 2 unspecified atom stereocenters. The molecule has 5 rings (SSSR count). The van der Waals surface area contributed by atoms with Gasteiger partial charge < -0.3 is 29.9 Å². The van der Waals surface area contributed by atoms with Crippen LogP contribution in [0.5, 0.6) is 0 Å². The molecule has 0 saturated carbocycles. The first-order valence-electron chi connectivity index (χ1n) is 12.6. The Hall–Kier alpha value is -2.65. The minimum Gasteiger partial charge on any atom is -0.390 e. The van der Waals surface area contributed by atoms with Crippen molar-refractivity contribution < 1.29 is 19.4 Å². The molecule has 1 fully saturated rings. The van der Waals surface area contributed by atoms with Crippen molar-refractivity contribution in [3.05, 3.63) is 64.7 Å². The van der Waals surface area contributed by atoms with Crippen LogP contribution in [0.25, 0.3) is 0 Å². The van der Waals surface area contributed by atoms with Crippen molar-refractivity contribution in [2.75, 3.05) is 57.4 Å². The molecule has 36 heavy (non-hydrogen) atoms. The zero-order valence-corrected chi connectivity index (χ0v) is 21.5. The van der Waals surface area contributed by atoms with Crippen molar-refractivity contribution in [3.63, 3.8) is 0 Å². The van der Waals surface area contributed by atoms with Crippen LogP contribution >= 0.6 is 12.4 Å². The van der Waals surface area contributed by atoms with Gasteiger partial charge in [-0.05, 0) is 42.7 Å². The lowest BCUT2D eigenvalue weighted by molar-refractivity contribution is 0.0303. The summed E-state index contributed by atoms with van der Waals surface area (Å²) in [6.07, 6.45) is 0.0652. The highest BCUT2D eigenvalue weighted by atomic mass is 35.5. The Morgan fingerprint density at radius 3 is 2.56 bits per heavy atom. The molecule has 194 valence electrons. The molecule has 0 spiro atoms. The normalized spacial score (nSPS) is 20.7. The van der Waals surface area contributed by atoms with Gasteiger partial charge in [0.05, 0.1) is 30.6 Å². The number of likely N-dealkylation sites (N-methyl/N-ethyl adjacent to an activating group) is 1. The maximum atomic E-state index is 13.6. The number of amides is 2. The predicted molar refractivity (Wildman–Crippen MR) is 141 cm³/mol. The molecule has 2 atom stereocenters. The first kappa shape index (κ1) is 26.4. The molecule has 0 bridgehead atoms. The van der Waals surface area contributed by atoms with E-state index in [0.717, 1.165) is 25.2 Å². The van der Waals surface area contributed by atoms with Gasteiger partial charge >= 0.3 is 0 Å². The Kier molecular flexibility index (Phi) is 8.51. The molecule has 0 aromatic heterocycles. The fourth-order valence-electron chi connectivity index (χ4n) is 5.30. The molecule has 1 saturated heterocycles. The van der Waals surface area contributed by atoms with E-state index in [1.165, 1.54) is 11.1 Å². The number of β-amino-alcohol motifs (C(OH)–C–C–N with tert-alkyl or cyclic N) is 1. The molecule has 8 nitrogen and oxygen atoms in total. The number of morpholine rings is 1. The number of carbonyl (C=O) groups excluding carboxylic acids is 2. The highest BCUT2D eigenvalue weighted by molar-refractivity contribution is 6.03. The summed E-state index contributed by atoms with van der Waals surface area (Å²) >= 11 is 0. The number of benzene rings is 2. The zero-order valence-electron chi connectivity index (χ0n) is 20.7. The number of aliphatic hydroxyl groups excluding tert-OH is 1. The van der Waals surface area contributed by atoms with Crippen LogP contribution in [0.4, 0.5) is 5.69 Å². The van der Waals surface area contributed by atoms with Crippen LogP contribution in [0.1, 0.15) is 38.8 Å². The van der Waals surface area contributed by atoms with Crippen LogP contribution in [-0.4, -0.2) is 91.3 Å². The van der Waals surface area contributed by atoms with Gasteiger partial charge in [-0.2, -0.15) is 0 Å². The van der Waals surface area contributed by atoms with Gasteiger partial charge in [-0.3, -0.25) is 9.59 Å². The molecule has 2 N–H and O–H groups in total. The van der Waals surface area contributed by atoms with Crippen LogP contribution in [-0.2, 0) is 17.7 Å². The second kappa shape index (κ2) is 11.6. The quantitative estimate of drug-likeness (QED) is 0.634. The molecule has 0 aliphatic carbocycles. The Morgan fingerprint density at radius 2 is 1.81 bits per heavy atom. The summed E-state index contributed by atoms with van der Waals surface area (Å²) < 4.78 is 5.37. The van der Waals surface area contributed by atoms with Gasteiger partial charge in [0.2, 0.25) is 0 Å². The molecular formula is C27H35ClN4O4. The van der Waals surface area contributed by atoms with E-state index in [-0.39, 0.29) is 36.8 Å². The van der Waals surface area contributed by atoms with Gasteiger partial charge in [0, 0.05) is 57.4 Å². The summed E-state index contributed by atoms with van der Waals surface area (Å²) in [6.45, 7) is 7.21. The van der Waals surface area contributed by atoms with Crippen molar-refractivity contribution >= 4 is 29.9 Å². The van der Waals surface area contributed by atoms with E-state index in [9.17, 15) is 14.7 Å². The van der Waals surface area contributed by atoms with Gasteiger partial charge in [-0.25, -0.2) is 0 Å². The fourth-order valence-corrected chi connectivity index (χ4v) is 5.30. The van der Waals surface area contributed by atoms with Crippen LogP contribution < -0.4 is 10.2 Å². The molecule has 2 aromatic rings. The predicted octanol–water partition coefficient (Wildman–Crippen LogP) is 1.94. The van der Waals surface area contributed by atoms with E-state index in [0.29, 0.717) is 50.5 Å². The summed E-state index contributed by atoms with van der Waals surface area (Å²) in [5, 5.41) is 14.5. The number of hydrogen-bond donors (Lipinski definition) is 2. The van der Waals surface area contributed by atoms with E-state index in [2.05, 4.69) is 29.3 Å². The largest absolute Gasteiger partial charge is 0.390 e. The molecule has 3 aliphatic rings. The zero-order chi connectivity index (χ0) is 24.4. The number of nitrogens with one attached hydrogen (secondary N) is 1. The Balaban J connectivity index is 0.00000304. The molecule has 9 heteroatoms. The number of carbonyl (C=O) groups is 2. The third-order valence-corrected chi connectivity index (χ3v) is 7.41. The summed E-state index contributed by atoms with van der Waals surface area (Å²) in [4.78, 5) is 32.3. The minimum absolute atomic E-state index is 0. The SMILES string of the molecule is CCN1CCN(CC(O)C2Cc3ccccc3CN2)C(=O)c2ccc(C(=O)N3CCOCC3)cc21.Cl. The van der Waals surface area contributed by atoms with Crippen molar-refractivity contribution in [2.24, 2.45) is 0 Å². The standard InChI is InChI=1S/C27H34N4O4.ClH/c1-2-29-9-10-31(18-25(32)23-15-19-5-3-4-6-21(19)17-28-23)27(34)22-8-7-20(16-24(22)29)26(33)30-11-13-35-14-12-30;/h3-8,16,23,25,28,32H,2,9-15,17-18H2,1H3;1H. The van der Waals surface area contributed by atoms with Crippen molar-refractivity contribution in [1.29, 1.82) is 0 Å². The number of aliphatic hydroxyl groups is 1. The van der Waals surface area contributed by atoms with Crippen molar-refractivity contribution in [1.82, 2.24) is 15.1 Å². The second-order valence-corrected chi connectivity index (χ2v) is 9.49. The summed E-state index contributed by atoms with van der Waals surface area (Å²) in [5.74, 6) is -0.128. The van der Waals surface area contributed by atoms with Gasteiger partial charge in [0.1, 0.15) is 0 Å². The number of nitrogens with zero attached hydrogens (tertiary/aromatic N) is 3. The Bertz CT molecular complexity index is 1090. The number of ether oxygens (including phenoxy) is 1. The average molecular weight is 515 g/mol. The first-order valence-corrected chi connectivity index (χ1v) is 12.6. The molecule has 3 heterocycles. The molecule has 0 radical (unpaired) electrons. The van der Waals surface area contributed by atoms with E-state index in [1.54, 1.807) is 21.9 Å². The molecule has 3 aliphatic heterocycles. The lowest BCUT2D eigenvalue weighted by atomic mass is 9.92. The molecule has 2 aromatic carbocycles. The lowest BCUT2D eigenvalue weighted by Crippen LogP contribution is -2.50. The average Bonchev–Trinajstić information content (AvgIpc) is 3.04. The van der Waals surface area contributed by atoms with Gasteiger partial charge in [-0.1, -0.05) is 24.3 Å². The Morgan fingerprint density at radius 1 is 1.08 bits per heavy atom. The molecular weight excluding hydrogens is 480 g/mol. The van der Waals surface area contributed by atoms with Crippen LogP contribution in [0.2, 0.25) is 0 Å². The number of anilines is 1. The monoisotopic (exact) mass is 514 g/mol. The van der Waals surface area contributed by atoms with Crippen LogP contribution in [0.15, 0.2) is 42.5 Å². The number of rotatable bonds is 5. The third-order valence-electron chi connectivity index (χ3n) is 7.41. The minimum atomic E-state index is -0.675. The van der Waals surface area contributed by atoms with E-state index in [1.807, 2.05) is 18.2 Å². The number of fused-ring (bicyclic) bond motifs is 2. The first-order chi connectivity index (χ1) is 17.0. The lowest BCUT2D eigenvalue weighted by Gasteiger charge is -2.33. The highest BCUT2D eigenvalue weighted by Gasteiger charge is 2.32. The van der Waals surface area contributed by atoms with Crippen molar-refractivity contribution in [2.45, 2.75) is 32.0 Å². The van der Waals surface area contributed by atoms with Gasteiger partial charge in [0.25, 0.3) is 11.8 Å². The summed E-state index contributed by atoms with van der Waals surface area (Å²) in [5.41, 5.74) is 4.47.